The molecule has 72 valence electrons. The summed E-state index contributed by atoms with van der Waals surface area (Å²) in [6, 6.07) is 7.34. The fourth-order valence-electron chi connectivity index (χ4n) is 1.36. The molecule has 0 aliphatic rings. The first-order valence-electron chi connectivity index (χ1n) is 4.10. The van der Waals surface area contributed by atoms with E-state index in [1.165, 1.54) is 0 Å². The van der Waals surface area contributed by atoms with Gasteiger partial charge < -0.3 is 10.5 Å². The van der Waals surface area contributed by atoms with Gasteiger partial charge in [-0.1, -0.05) is 11.6 Å². The van der Waals surface area contributed by atoms with Gasteiger partial charge in [0, 0.05) is 5.39 Å². The molecule has 0 bridgehead atoms. The second-order valence-corrected chi connectivity index (χ2v) is 3.30. The second kappa shape index (κ2) is 3.35. The van der Waals surface area contributed by atoms with Crippen molar-refractivity contribution in [2.45, 2.75) is 0 Å². The normalized spacial score (nSPS) is 10.4. The zero-order valence-corrected chi connectivity index (χ0v) is 8.38. The monoisotopic (exact) mass is 208 g/mol. The first-order chi connectivity index (χ1) is 6.70. The highest BCUT2D eigenvalue weighted by atomic mass is 35.5. The van der Waals surface area contributed by atoms with E-state index in [2.05, 4.69) is 4.98 Å². The molecule has 0 amide bonds. The van der Waals surface area contributed by atoms with E-state index in [1.807, 2.05) is 18.2 Å². The van der Waals surface area contributed by atoms with Crippen molar-refractivity contribution >= 4 is 28.2 Å². The summed E-state index contributed by atoms with van der Waals surface area (Å²) in [5.74, 6) is 1.22. The first-order valence-corrected chi connectivity index (χ1v) is 4.48. The zero-order valence-electron chi connectivity index (χ0n) is 7.62. The maximum absolute atomic E-state index is 5.79. The van der Waals surface area contributed by atoms with Gasteiger partial charge in [0.2, 0.25) is 0 Å². The summed E-state index contributed by atoms with van der Waals surface area (Å²) >= 11 is 5.79. The molecule has 14 heavy (non-hydrogen) atoms. The van der Waals surface area contributed by atoms with Gasteiger partial charge in [0.15, 0.2) is 0 Å². The highest BCUT2D eigenvalue weighted by Gasteiger charge is 2.02. The van der Waals surface area contributed by atoms with E-state index in [4.69, 9.17) is 22.1 Å². The van der Waals surface area contributed by atoms with Crippen LogP contribution in [0.2, 0.25) is 5.15 Å². The van der Waals surface area contributed by atoms with Crippen molar-refractivity contribution < 1.29 is 4.74 Å². The highest BCUT2D eigenvalue weighted by molar-refractivity contribution is 6.30. The number of fused-ring (bicyclic) bond motifs is 1. The van der Waals surface area contributed by atoms with Crippen LogP contribution in [0.1, 0.15) is 0 Å². The molecule has 4 heteroatoms. The molecule has 1 aromatic carbocycles. The molecule has 2 aromatic rings. The Bertz CT molecular complexity index is 485. The van der Waals surface area contributed by atoms with Gasteiger partial charge in [-0.3, -0.25) is 0 Å². The summed E-state index contributed by atoms with van der Waals surface area (Å²) in [6.07, 6.45) is 0. The van der Waals surface area contributed by atoms with Gasteiger partial charge in [0.05, 0.1) is 7.11 Å². The zero-order chi connectivity index (χ0) is 10.1. The SMILES string of the molecule is COc1ccc2c(N)nc(Cl)cc2c1. The largest absolute Gasteiger partial charge is 0.497 e. The van der Waals surface area contributed by atoms with Crippen molar-refractivity contribution in [1.29, 1.82) is 0 Å². The Balaban J connectivity index is 2.75. The Hall–Kier alpha value is -1.48. The molecular weight excluding hydrogens is 200 g/mol. The van der Waals surface area contributed by atoms with Gasteiger partial charge in [-0.05, 0) is 29.7 Å². The van der Waals surface area contributed by atoms with Crippen molar-refractivity contribution in [1.82, 2.24) is 4.98 Å². The molecule has 0 aliphatic heterocycles. The minimum absolute atomic E-state index is 0.392. The summed E-state index contributed by atoms with van der Waals surface area (Å²) < 4.78 is 5.10. The molecule has 0 saturated carbocycles. The second-order valence-electron chi connectivity index (χ2n) is 2.92. The molecule has 0 fully saturated rings. The highest BCUT2D eigenvalue weighted by Crippen LogP contribution is 2.26. The van der Waals surface area contributed by atoms with Crippen LogP contribution >= 0.6 is 11.6 Å². The summed E-state index contributed by atoms with van der Waals surface area (Å²) in [7, 11) is 1.62. The Kier molecular flexibility index (Phi) is 2.17. The van der Waals surface area contributed by atoms with Crippen molar-refractivity contribution in [3.05, 3.63) is 29.4 Å². The van der Waals surface area contributed by atoms with Crippen LogP contribution in [0.5, 0.6) is 5.75 Å². The number of methoxy groups -OCH3 is 1. The predicted molar refractivity (Wildman–Crippen MR) is 57.7 cm³/mol. The lowest BCUT2D eigenvalue weighted by molar-refractivity contribution is 0.415. The van der Waals surface area contributed by atoms with Crippen LogP contribution in [0.3, 0.4) is 0 Å². The lowest BCUT2D eigenvalue weighted by Gasteiger charge is -2.04. The fraction of sp³-hybridized carbons (Fsp3) is 0.100. The molecule has 2 rings (SSSR count). The lowest BCUT2D eigenvalue weighted by atomic mass is 10.1. The average Bonchev–Trinajstić information content (AvgIpc) is 2.16. The Morgan fingerprint density at radius 3 is 2.86 bits per heavy atom. The molecule has 0 unspecified atom stereocenters. The predicted octanol–water partition coefficient (Wildman–Crippen LogP) is 2.48. The first kappa shape index (κ1) is 9.09. The van der Waals surface area contributed by atoms with Crippen LogP contribution in [0.15, 0.2) is 24.3 Å². The number of aromatic nitrogens is 1. The maximum Gasteiger partial charge on any atom is 0.133 e. The minimum atomic E-state index is 0.392. The summed E-state index contributed by atoms with van der Waals surface area (Å²) in [5.41, 5.74) is 5.71. The quantitative estimate of drug-likeness (QED) is 0.733. The van der Waals surface area contributed by atoms with E-state index in [0.29, 0.717) is 11.0 Å². The van der Waals surface area contributed by atoms with Crippen LogP contribution in [0.4, 0.5) is 5.82 Å². The van der Waals surface area contributed by atoms with Gasteiger partial charge in [0.25, 0.3) is 0 Å². The minimum Gasteiger partial charge on any atom is -0.497 e. The standard InChI is InChI=1S/C10H9ClN2O/c1-14-7-2-3-8-6(4-7)5-9(11)13-10(8)12/h2-5H,1H3,(H2,12,13). The molecule has 1 aromatic heterocycles. The van der Waals surface area contributed by atoms with Crippen LogP contribution < -0.4 is 10.5 Å². The third-order valence-electron chi connectivity index (χ3n) is 2.04. The van der Waals surface area contributed by atoms with Gasteiger partial charge in [-0.15, -0.1) is 0 Å². The number of nitrogen functional groups attached to an aromatic ring is 1. The topological polar surface area (TPSA) is 48.1 Å². The van der Waals surface area contributed by atoms with Crippen molar-refractivity contribution in [2.24, 2.45) is 0 Å². The number of benzene rings is 1. The average molecular weight is 209 g/mol. The Morgan fingerprint density at radius 2 is 2.14 bits per heavy atom. The molecular formula is C10H9ClN2O. The number of ether oxygens (including phenoxy) is 1. The number of rotatable bonds is 1. The van der Waals surface area contributed by atoms with Gasteiger partial charge >= 0.3 is 0 Å². The maximum atomic E-state index is 5.79. The third-order valence-corrected chi connectivity index (χ3v) is 2.23. The number of pyridine rings is 1. The smallest absolute Gasteiger partial charge is 0.133 e. The molecule has 3 nitrogen and oxygen atoms in total. The van der Waals surface area contributed by atoms with Crippen LogP contribution in [0, 0.1) is 0 Å². The molecule has 0 radical (unpaired) electrons. The van der Waals surface area contributed by atoms with Crippen molar-refractivity contribution in [2.75, 3.05) is 12.8 Å². The van der Waals surface area contributed by atoms with Crippen molar-refractivity contribution in [3.63, 3.8) is 0 Å². The molecule has 0 spiro atoms. The number of hydrogen-bond acceptors (Lipinski definition) is 3. The summed E-state index contributed by atoms with van der Waals surface area (Å²) in [5, 5.41) is 2.21. The Labute approximate surface area is 86.5 Å². The van der Waals surface area contributed by atoms with Crippen LogP contribution in [0.25, 0.3) is 10.8 Å². The number of hydrogen-bond donors (Lipinski definition) is 1. The van der Waals surface area contributed by atoms with Gasteiger partial charge in [-0.2, -0.15) is 0 Å². The van der Waals surface area contributed by atoms with E-state index >= 15 is 0 Å². The molecule has 0 aliphatic carbocycles. The third kappa shape index (κ3) is 1.46. The number of anilines is 1. The van der Waals surface area contributed by atoms with Crippen molar-refractivity contribution in [3.8, 4) is 5.75 Å². The van der Waals surface area contributed by atoms with E-state index in [0.717, 1.165) is 16.5 Å². The van der Waals surface area contributed by atoms with Gasteiger partial charge in [-0.25, -0.2) is 4.98 Å². The number of nitrogens with two attached hydrogens (primary N) is 1. The molecule has 0 saturated heterocycles. The van der Waals surface area contributed by atoms with Crippen LogP contribution in [-0.4, -0.2) is 12.1 Å². The fourth-order valence-corrected chi connectivity index (χ4v) is 1.56. The molecule has 1 heterocycles. The summed E-state index contributed by atoms with van der Waals surface area (Å²) in [4.78, 5) is 3.96. The van der Waals surface area contributed by atoms with Gasteiger partial charge in [0.1, 0.15) is 16.7 Å². The van der Waals surface area contributed by atoms with Crippen LogP contribution in [-0.2, 0) is 0 Å². The van der Waals surface area contributed by atoms with E-state index in [1.54, 1.807) is 13.2 Å². The van der Waals surface area contributed by atoms with E-state index < -0.39 is 0 Å². The molecule has 2 N–H and O–H groups in total. The Morgan fingerprint density at radius 1 is 1.36 bits per heavy atom. The summed E-state index contributed by atoms with van der Waals surface area (Å²) in [6.45, 7) is 0. The lowest BCUT2D eigenvalue weighted by Crippen LogP contribution is -1.92. The number of nitrogens with zero attached hydrogens (tertiary/aromatic N) is 1. The number of halogens is 1. The molecule has 0 atom stereocenters. The van der Waals surface area contributed by atoms with E-state index in [9.17, 15) is 0 Å². The van der Waals surface area contributed by atoms with E-state index in [-0.39, 0.29) is 0 Å².